The first-order chi connectivity index (χ1) is 9.15. The summed E-state index contributed by atoms with van der Waals surface area (Å²) >= 11 is 0. The predicted molar refractivity (Wildman–Crippen MR) is 69.9 cm³/mol. The Balaban J connectivity index is 2.28. The van der Waals surface area contributed by atoms with E-state index >= 15 is 0 Å². The molecule has 0 spiro atoms. The molecular weight excluding hydrogens is 244 g/mol. The smallest absolute Gasteiger partial charge is 0.347 e. The summed E-state index contributed by atoms with van der Waals surface area (Å²) < 4.78 is 10.1. The number of esters is 2. The van der Waals surface area contributed by atoms with Crippen molar-refractivity contribution >= 4 is 11.9 Å². The minimum absolute atomic E-state index is 0.219. The lowest BCUT2D eigenvalue weighted by Gasteiger charge is -2.06. The Hall–Kier alpha value is -2.62. The lowest BCUT2D eigenvalue weighted by Crippen LogP contribution is -1.97. The highest BCUT2D eigenvalue weighted by atomic mass is 16.6. The molecular formula is C15H12O4. The molecule has 0 bridgehead atoms. The average Bonchev–Trinajstić information content (AvgIpc) is 2.69. The summed E-state index contributed by atoms with van der Waals surface area (Å²) in [4.78, 5) is 22.7. The van der Waals surface area contributed by atoms with Gasteiger partial charge in [0, 0.05) is 0 Å². The molecule has 2 rings (SSSR count). The number of carbonyl (C=O) groups excluding carboxylic acids is 2. The van der Waals surface area contributed by atoms with Crippen molar-refractivity contribution in [2.24, 2.45) is 0 Å². The molecule has 0 unspecified atom stereocenters. The number of hydrogen-bond donors (Lipinski definition) is 0. The van der Waals surface area contributed by atoms with Gasteiger partial charge in [-0.25, -0.2) is 9.59 Å². The molecule has 0 saturated carbocycles. The maximum atomic E-state index is 11.4. The number of benzene rings is 1. The van der Waals surface area contributed by atoms with Gasteiger partial charge in [0.2, 0.25) is 0 Å². The number of ether oxygens (including phenoxy) is 2. The number of cyclic esters (lactones) is 2. The van der Waals surface area contributed by atoms with E-state index in [1.54, 1.807) is 18.2 Å². The fourth-order valence-corrected chi connectivity index (χ4v) is 1.60. The van der Waals surface area contributed by atoms with E-state index in [9.17, 15) is 9.59 Å². The molecule has 0 amide bonds. The van der Waals surface area contributed by atoms with Crippen LogP contribution in [0.2, 0.25) is 0 Å². The average molecular weight is 256 g/mol. The molecule has 0 aromatic heterocycles. The zero-order valence-corrected chi connectivity index (χ0v) is 10.4. The van der Waals surface area contributed by atoms with Crippen LogP contribution >= 0.6 is 0 Å². The van der Waals surface area contributed by atoms with Crippen LogP contribution in [0.5, 0.6) is 5.75 Å². The Kier molecular flexibility index (Phi) is 3.61. The Bertz CT molecular complexity index is 609. The van der Waals surface area contributed by atoms with Crippen molar-refractivity contribution < 1.29 is 19.1 Å². The van der Waals surface area contributed by atoms with Crippen LogP contribution in [0.15, 0.2) is 54.8 Å². The first kappa shape index (κ1) is 12.8. The highest BCUT2D eigenvalue weighted by Gasteiger charge is 2.29. The van der Waals surface area contributed by atoms with Gasteiger partial charge in [0.25, 0.3) is 0 Å². The van der Waals surface area contributed by atoms with Crippen LogP contribution in [0.1, 0.15) is 27.6 Å². The van der Waals surface area contributed by atoms with Gasteiger partial charge in [0.1, 0.15) is 11.5 Å². The number of fused-ring (bicyclic) bond motifs is 1. The maximum Gasteiger partial charge on any atom is 0.347 e. The Morgan fingerprint density at radius 2 is 2.00 bits per heavy atom. The SMILES string of the molecule is C=C/C(=C\C=C/C)Oc1ccc2c(c1)C(=O)OC2=O. The molecule has 0 N–H and O–H groups in total. The summed E-state index contributed by atoms with van der Waals surface area (Å²) in [5.74, 6) is -0.292. The molecule has 96 valence electrons. The van der Waals surface area contributed by atoms with Crippen LogP contribution in [0.3, 0.4) is 0 Å². The molecule has 19 heavy (non-hydrogen) atoms. The van der Waals surface area contributed by atoms with E-state index in [-0.39, 0.29) is 11.1 Å². The summed E-state index contributed by atoms with van der Waals surface area (Å²) in [6.45, 7) is 5.52. The number of rotatable bonds is 4. The van der Waals surface area contributed by atoms with Gasteiger partial charge in [-0.1, -0.05) is 18.7 Å². The molecule has 1 aliphatic heterocycles. The van der Waals surface area contributed by atoms with Crippen LogP contribution in [-0.2, 0) is 4.74 Å². The molecule has 4 heteroatoms. The van der Waals surface area contributed by atoms with Crippen molar-refractivity contribution in [1.82, 2.24) is 0 Å². The maximum absolute atomic E-state index is 11.4. The second kappa shape index (κ2) is 5.35. The molecule has 0 aliphatic carbocycles. The molecule has 1 aromatic carbocycles. The van der Waals surface area contributed by atoms with Crippen LogP contribution in [0, 0.1) is 0 Å². The standard InChI is InChI=1S/C15H12O4/c1-3-5-6-10(4-2)18-11-7-8-12-13(9-11)15(17)19-14(12)16/h3-9H,2H2,1H3/b5-3-,10-6+. The van der Waals surface area contributed by atoms with E-state index < -0.39 is 11.9 Å². The van der Waals surface area contributed by atoms with Crippen molar-refractivity contribution in [1.29, 1.82) is 0 Å². The molecule has 0 radical (unpaired) electrons. The van der Waals surface area contributed by atoms with E-state index in [1.807, 2.05) is 19.1 Å². The van der Waals surface area contributed by atoms with Gasteiger partial charge in [0.15, 0.2) is 0 Å². The van der Waals surface area contributed by atoms with Gasteiger partial charge in [-0.3, -0.25) is 0 Å². The second-order valence-corrected chi connectivity index (χ2v) is 3.79. The van der Waals surface area contributed by atoms with Crippen molar-refractivity contribution in [2.75, 3.05) is 0 Å². The molecule has 1 aliphatic rings. The van der Waals surface area contributed by atoms with Crippen molar-refractivity contribution in [3.05, 3.63) is 66.0 Å². The van der Waals surface area contributed by atoms with E-state index in [0.29, 0.717) is 11.5 Å². The van der Waals surface area contributed by atoms with Crippen molar-refractivity contribution in [2.45, 2.75) is 6.92 Å². The van der Waals surface area contributed by atoms with Crippen LogP contribution in [0.4, 0.5) is 0 Å². The first-order valence-corrected chi connectivity index (χ1v) is 5.69. The molecule has 1 heterocycles. The Morgan fingerprint density at radius 1 is 1.26 bits per heavy atom. The molecule has 4 nitrogen and oxygen atoms in total. The topological polar surface area (TPSA) is 52.6 Å². The van der Waals surface area contributed by atoms with Gasteiger partial charge in [-0.15, -0.1) is 0 Å². The van der Waals surface area contributed by atoms with Gasteiger partial charge >= 0.3 is 11.9 Å². The molecule has 0 atom stereocenters. The third-order valence-electron chi connectivity index (χ3n) is 2.51. The fraction of sp³-hybridized carbons (Fsp3) is 0.0667. The molecule has 1 aromatic rings. The zero-order chi connectivity index (χ0) is 13.8. The van der Waals surface area contributed by atoms with Crippen molar-refractivity contribution in [3.63, 3.8) is 0 Å². The third-order valence-corrected chi connectivity index (χ3v) is 2.51. The quantitative estimate of drug-likeness (QED) is 0.359. The lowest BCUT2D eigenvalue weighted by atomic mass is 10.1. The van der Waals surface area contributed by atoms with Gasteiger partial charge in [0.05, 0.1) is 11.1 Å². The summed E-state index contributed by atoms with van der Waals surface area (Å²) in [5, 5.41) is 0. The minimum Gasteiger partial charge on any atom is -0.457 e. The second-order valence-electron chi connectivity index (χ2n) is 3.79. The Morgan fingerprint density at radius 3 is 2.68 bits per heavy atom. The lowest BCUT2D eigenvalue weighted by molar-refractivity contribution is 0.0443. The van der Waals surface area contributed by atoms with Crippen LogP contribution in [0.25, 0.3) is 0 Å². The van der Waals surface area contributed by atoms with E-state index in [1.165, 1.54) is 12.1 Å². The molecule has 0 fully saturated rings. The van der Waals surface area contributed by atoms with Gasteiger partial charge in [-0.2, -0.15) is 0 Å². The number of allylic oxidation sites excluding steroid dienone is 4. The summed E-state index contributed by atoms with van der Waals surface area (Å²) in [7, 11) is 0. The number of hydrogen-bond acceptors (Lipinski definition) is 4. The zero-order valence-electron chi connectivity index (χ0n) is 10.4. The van der Waals surface area contributed by atoms with E-state index in [2.05, 4.69) is 11.3 Å². The highest BCUT2D eigenvalue weighted by Crippen LogP contribution is 2.25. The predicted octanol–water partition coefficient (Wildman–Crippen LogP) is 3.02. The number of carbonyl (C=O) groups is 2. The summed E-state index contributed by atoms with van der Waals surface area (Å²) in [5.41, 5.74) is 0.479. The van der Waals surface area contributed by atoms with Gasteiger partial charge < -0.3 is 9.47 Å². The minimum atomic E-state index is -0.650. The van der Waals surface area contributed by atoms with Crippen LogP contribution < -0.4 is 4.74 Å². The third kappa shape index (κ3) is 2.63. The largest absolute Gasteiger partial charge is 0.457 e. The first-order valence-electron chi connectivity index (χ1n) is 5.69. The summed E-state index contributed by atoms with van der Waals surface area (Å²) in [6.07, 6.45) is 6.95. The highest BCUT2D eigenvalue weighted by molar-refractivity contribution is 6.14. The molecule has 0 saturated heterocycles. The van der Waals surface area contributed by atoms with Crippen molar-refractivity contribution in [3.8, 4) is 5.75 Å². The summed E-state index contributed by atoms with van der Waals surface area (Å²) in [6, 6.07) is 4.59. The normalized spacial score (nSPS) is 14.5. The van der Waals surface area contributed by atoms with E-state index in [4.69, 9.17) is 4.74 Å². The Labute approximate surface area is 110 Å². The fourth-order valence-electron chi connectivity index (χ4n) is 1.60. The monoisotopic (exact) mass is 256 g/mol. The van der Waals surface area contributed by atoms with Gasteiger partial charge in [-0.05, 0) is 37.3 Å². The van der Waals surface area contributed by atoms with E-state index in [0.717, 1.165) is 0 Å². The van der Waals surface area contributed by atoms with Crippen LogP contribution in [-0.4, -0.2) is 11.9 Å².